The van der Waals surface area contributed by atoms with Gasteiger partial charge in [-0.15, -0.1) is 0 Å². The lowest BCUT2D eigenvalue weighted by atomic mass is 9.94. The predicted octanol–water partition coefficient (Wildman–Crippen LogP) is 2.22. The van der Waals surface area contributed by atoms with Crippen LogP contribution in [0, 0.1) is 11.3 Å². The monoisotopic (exact) mass is 314 g/mol. The predicted molar refractivity (Wildman–Crippen MR) is 85.1 cm³/mol. The molecule has 0 spiro atoms. The zero-order valence-corrected chi connectivity index (χ0v) is 13.3. The standard InChI is InChI=1S/C16H18N4OS/c1-20-16(18-13-3-2-4-14(21)9-13)22-15(19-20)12-7-5-11(10-17)6-8-12/h5-8,13-14,21H,2-4,9H2,1H3/t13-,14-/m1/s1. The topological polar surface area (TPSA) is 74.2 Å². The fourth-order valence-corrected chi connectivity index (χ4v) is 3.64. The maximum atomic E-state index is 9.75. The molecule has 1 fully saturated rings. The van der Waals surface area contributed by atoms with Gasteiger partial charge in [-0.2, -0.15) is 10.4 Å². The molecule has 1 aromatic heterocycles. The Morgan fingerprint density at radius 1 is 1.36 bits per heavy atom. The minimum absolute atomic E-state index is 0.184. The van der Waals surface area contributed by atoms with Crippen LogP contribution >= 0.6 is 11.3 Å². The fraction of sp³-hybridized carbons (Fsp3) is 0.438. The molecule has 0 unspecified atom stereocenters. The van der Waals surface area contributed by atoms with Gasteiger partial charge in [0.2, 0.25) is 4.80 Å². The van der Waals surface area contributed by atoms with Crippen LogP contribution in [0.15, 0.2) is 29.3 Å². The number of hydrogen-bond donors (Lipinski definition) is 1. The van der Waals surface area contributed by atoms with Crippen LogP contribution in [0.5, 0.6) is 0 Å². The first kappa shape index (κ1) is 14.9. The number of hydrogen-bond acceptors (Lipinski definition) is 5. The van der Waals surface area contributed by atoms with Gasteiger partial charge in [0.15, 0.2) is 0 Å². The average molecular weight is 314 g/mol. The second-order valence-corrected chi connectivity index (χ2v) is 6.56. The van der Waals surface area contributed by atoms with Crippen molar-refractivity contribution >= 4 is 11.3 Å². The molecule has 22 heavy (non-hydrogen) atoms. The number of rotatable bonds is 2. The van der Waals surface area contributed by atoms with Crippen LogP contribution in [0.4, 0.5) is 0 Å². The molecule has 5 nitrogen and oxygen atoms in total. The first-order valence-electron chi connectivity index (χ1n) is 7.42. The van der Waals surface area contributed by atoms with Gasteiger partial charge in [-0.1, -0.05) is 23.5 Å². The molecule has 2 aromatic rings. The van der Waals surface area contributed by atoms with Crippen molar-refractivity contribution in [3.05, 3.63) is 34.6 Å². The molecule has 1 heterocycles. The Balaban J connectivity index is 1.88. The molecule has 0 amide bonds. The lowest BCUT2D eigenvalue weighted by Crippen LogP contribution is -2.25. The highest BCUT2D eigenvalue weighted by atomic mass is 32.1. The number of benzene rings is 1. The number of aryl methyl sites for hydroxylation is 1. The van der Waals surface area contributed by atoms with E-state index in [4.69, 9.17) is 10.3 Å². The van der Waals surface area contributed by atoms with E-state index in [0.717, 1.165) is 41.1 Å². The molecule has 0 saturated heterocycles. The minimum Gasteiger partial charge on any atom is -0.393 e. The van der Waals surface area contributed by atoms with E-state index in [-0.39, 0.29) is 12.1 Å². The molecule has 0 bridgehead atoms. The molecule has 114 valence electrons. The molecule has 1 aromatic carbocycles. The summed E-state index contributed by atoms with van der Waals surface area (Å²) in [4.78, 5) is 5.63. The summed E-state index contributed by atoms with van der Waals surface area (Å²) in [5.41, 5.74) is 1.63. The highest BCUT2D eigenvalue weighted by Gasteiger charge is 2.19. The van der Waals surface area contributed by atoms with Crippen LogP contribution in [0.2, 0.25) is 0 Å². The van der Waals surface area contributed by atoms with E-state index in [2.05, 4.69) is 11.2 Å². The Morgan fingerprint density at radius 3 is 2.82 bits per heavy atom. The van der Waals surface area contributed by atoms with Crippen LogP contribution in [0.1, 0.15) is 31.2 Å². The maximum Gasteiger partial charge on any atom is 0.203 e. The second-order valence-electron chi connectivity index (χ2n) is 5.61. The van der Waals surface area contributed by atoms with Crippen molar-refractivity contribution in [2.24, 2.45) is 12.0 Å². The molecule has 6 heteroatoms. The summed E-state index contributed by atoms with van der Waals surface area (Å²) in [7, 11) is 1.89. The van der Waals surface area contributed by atoms with E-state index >= 15 is 0 Å². The molecule has 1 aliphatic rings. The van der Waals surface area contributed by atoms with Crippen LogP contribution in [0.3, 0.4) is 0 Å². The van der Waals surface area contributed by atoms with Gasteiger partial charge in [-0.25, -0.2) is 4.68 Å². The number of aliphatic hydroxyl groups is 1. The van der Waals surface area contributed by atoms with Gasteiger partial charge in [-0.05, 0) is 37.8 Å². The zero-order valence-electron chi connectivity index (χ0n) is 12.4. The molecule has 1 aliphatic carbocycles. The van der Waals surface area contributed by atoms with Gasteiger partial charge < -0.3 is 5.11 Å². The van der Waals surface area contributed by atoms with Gasteiger partial charge in [-0.3, -0.25) is 4.99 Å². The van der Waals surface area contributed by atoms with Gasteiger partial charge in [0.25, 0.3) is 0 Å². The Kier molecular flexibility index (Phi) is 4.36. The quantitative estimate of drug-likeness (QED) is 0.923. The number of aromatic nitrogens is 2. The Labute approximate surface area is 133 Å². The average Bonchev–Trinajstić information content (AvgIpc) is 2.88. The third-order valence-electron chi connectivity index (χ3n) is 3.88. The Hall–Kier alpha value is -1.97. The summed E-state index contributed by atoms with van der Waals surface area (Å²) in [6.45, 7) is 0. The van der Waals surface area contributed by atoms with Gasteiger partial charge >= 0.3 is 0 Å². The molecule has 2 atom stereocenters. The summed E-state index contributed by atoms with van der Waals surface area (Å²) >= 11 is 1.54. The first-order chi connectivity index (χ1) is 10.7. The van der Waals surface area contributed by atoms with E-state index in [9.17, 15) is 5.11 Å². The fourth-order valence-electron chi connectivity index (χ4n) is 2.68. The number of nitriles is 1. The lowest BCUT2D eigenvalue weighted by molar-refractivity contribution is 0.120. The third kappa shape index (κ3) is 3.26. The van der Waals surface area contributed by atoms with Crippen molar-refractivity contribution in [1.82, 2.24) is 9.78 Å². The van der Waals surface area contributed by atoms with E-state index < -0.39 is 0 Å². The Bertz CT molecular complexity index is 754. The smallest absolute Gasteiger partial charge is 0.203 e. The normalized spacial score (nSPS) is 22.5. The van der Waals surface area contributed by atoms with Crippen LogP contribution in [-0.2, 0) is 7.05 Å². The van der Waals surface area contributed by atoms with E-state index in [1.54, 1.807) is 28.2 Å². The maximum absolute atomic E-state index is 9.75. The molecular weight excluding hydrogens is 296 g/mol. The van der Waals surface area contributed by atoms with Crippen LogP contribution in [-0.4, -0.2) is 27.0 Å². The van der Waals surface area contributed by atoms with E-state index in [1.807, 2.05) is 19.2 Å². The SMILES string of the molecule is Cn1nc(-c2ccc(C#N)cc2)sc1=N[C@@H]1CCC[C@@H](O)C1. The zero-order chi connectivity index (χ0) is 15.5. The molecule has 0 radical (unpaired) electrons. The summed E-state index contributed by atoms with van der Waals surface area (Å²) in [5.74, 6) is 0. The summed E-state index contributed by atoms with van der Waals surface area (Å²) in [5, 5.41) is 24.0. The molecule has 1 N–H and O–H groups in total. The molecular formula is C16H18N4OS. The largest absolute Gasteiger partial charge is 0.393 e. The van der Waals surface area contributed by atoms with Crippen molar-refractivity contribution in [2.75, 3.05) is 0 Å². The van der Waals surface area contributed by atoms with Crippen molar-refractivity contribution in [3.63, 3.8) is 0 Å². The second kappa shape index (κ2) is 6.42. The van der Waals surface area contributed by atoms with Gasteiger partial charge in [0.05, 0.1) is 23.8 Å². The first-order valence-corrected chi connectivity index (χ1v) is 8.24. The van der Waals surface area contributed by atoms with Crippen molar-refractivity contribution in [2.45, 2.75) is 37.8 Å². The van der Waals surface area contributed by atoms with Crippen LogP contribution in [0.25, 0.3) is 10.6 Å². The Morgan fingerprint density at radius 2 is 2.14 bits per heavy atom. The van der Waals surface area contributed by atoms with E-state index in [1.165, 1.54) is 0 Å². The summed E-state index contributed by atoms with van der Waals surface area (Å²) in [6, 6.07) is 9.71. The number of nitrogens with zero attached hydrogens (tertiary/aromatic N) is 4. The van der Waals surface area contributed by atoms with Crippen LogP contribution < -0.4 is 4.80 Å². The molecule has 1 saturated carbocycles. The highest BCUT2D eigenvalue weighted by molar-refractivity contribution is 7.12. The van der Waals surface area contributed by atoms with Gasteiger partial charge in [0, 0.05) is 12.6 Å². The number of aliphatic hydroxyl groups excluding tert-OH is 1. The van der Waals surface area contributed by atoms with Crippen molar-refractivity contribution in [3.8, 4) is 16.6 Å². The van der Waals surface area contributed by atoms with Gasteiger partial charge in [0.1, 0.15) is 5.01 Å². The highest BCUT2D eigenvalue weighted by Crippen LogP contribution is 2.22. The van der Waals surface area contributed by atoms with Crippen molar-refractivity contribution in [1.29, 1.82) is 5.26 Å². The lowest BCUT2D eigenvalue weighted by Gasteiger charge is -2.22. The molecule has 3 rings (SSSR count). The van der Waals surface area contributed by atoms with Crippen molar-refractivity contribution < 1.29 is 5.11 Å². The minimum atomic E-state index is -0.223. The molecule has 0 aliphatic heterocycles. The summed E-state index contributed by atoms with van der Waals surface area (Å²) in [6.07, 6.45) is 3.46. The third-order valence-corrected chi connectivity index (χ3v) is 4.94. The van der Waals surface area contributed by atoms with E-state index in [0.29, 0.717) is 5.56 Å². The summed E-state index contributed by atoms with van der Waals surface area (Å²) < 4.78 is 1.79.